The number of carbonyl (C=O) groups is 2. The second-order valence-corrected chi connectivity index (χ2v) is 13.5. The molecule has 0 spiro atoms. The zero-order valence-corrected chi connectivity index (χ0v) is 45.7. The molecule has 0 aliphatic carbocycles. The van der Waals surface area contributed by atoms with Crippen molar-refractivity contribution < 1.29 is 132 Å². The van der Waals surface area contributed by atoms with Crippen LogP contribution in [0.15, 0.2) is 29.7 Å². The minimum absolute atomic E-state index is 0. The van der Waals surface area contributed by atoms with E-state index in [-0.39, 0.29) is 71.5 Å². The van der Waals surface area contributed by atoms with Crippen molar-refractivity contribution in [3.8, 4) is 0 Å². The maximum absolute atomic E-state index is 12.7. The maximum atomic E-state index is 12.7. The first-order chi connectivity index (χ1) is 28.7. The summed E-state index contributed by atoms with van der Waals surface area (Å²) in [5.74, 6) is -6.72. The number of aliphatic hydroxyl groups excluding tert-OH is 6. The van der Waals surface area contributed by atoms with E-state index >= 15 is 0 Å². The third-order valence-electron chi connectivity index (χ3n) is 6.59. The Morgan fingerprint density at radius 2 is 1.51 bits per heavy atom. The van der Waals surface area contributed by atoms with Crippen LogP contribution < -0.4 is 91.2 Å². The first kappa shape index (κ1) is 76.4. The van der Waals surface area contributed by atoms with E-state index in [0.717, 1.165) is 10.8 Å². The number of anilines is 1. The number of aliphatic hydroxyl groups is 6. The fraction of sp³-hybridized carbons (Fsp3) is 0.795. The molecule has 0 aromatic carbocycles. The van der Waals surface area contributed by atoms with Crippen LogP contribution >= 0.6 is 7.82 Å². The fourth-order valence-corrected chi connectivity index (χ4v) is 5.40. The van der Waals surface area contributed by atoms with Gasteiger partial charge in [0.1, 0.15) is 48.4 Å². The van der Waals surface area contributed by atoms with Crippen molar-refractivity contribution in [2.24, 2.45) is 0 Å². The number of nitrogens with two attached hydrogens (primary N) is 1. The number of phosphoric acid groups is 1. The zero-order valence-electron chi connectivity index (χ0n) is 40.8. The normalized spacial score (nSPS) is 24.4. The van der Waals surface area contributed by atoms with Crippen molar-refractivity contribution >= 4 is 25.5 Å². The molecule has 3 heterocycles. The number of aromatic nitrogens is 2. The summed E-state index contributed by atoms with van der Waals surface area (Å²) in [7, 11) is -4.42. The SMILES string of the molecule is C=CC.CC.CC.CC.CCC.CCC.CCC.CNCC(=O)NC1C(O)CC(OP(=O)([O-])OCC2OC(n3ccc(N)nc3=O)C(O)C2O)(C(=O)[O-])OC1[C@H](O)[C@H](O)CO.[Na+].[Na+]. The molecular formula is C39H80N5Na2O16P. The quantitative estimate of drug-likeness (QED) is 0.0506. The van der Waals surface area contributed by atoms with Crippen LogP contribution in [0.3, 0.4) is 0 Å². The van der Waals surface area contributed by atoms with Crippen LogP contribution in [-0.2, 0) is 32.7 Å². The minimum Gasteiger partial charge on any atom is -0.756 e. The largest absolute Gasteiger partial charge is 1.00 e. The molecule has 1 aromatic rings. The summed E-state index contributed by atoms with van der Waals surface area (Å²) in [5.41, 5.74) is 4.44. The van der Waals surface area contributed by atoms with Gasteiger partial charge in [0.15, 0.2) is 6.23 Å². The summed E-state index contributed by atoms with van der Waals surface area (Å²) in [4.78, 5) is 52.5. The standard InChI is InChI=1S/C21H34N5O16P.3C3H8.C3H6.3C2H6.2Na/c1-23-5-12(30)25-13-8(28)4-21(19(34)35,41-17(13)14(31)9(29)6-27)42-43(37,38)39-7-10-15(32)16(33)18(40-10)26-3-2-11(22)24-20(26)36;4*1-3-2;3*1-2;;/h2-3,8-10,13-18,23,27-29,31-33H,4-7H2,1H3,(H,25,30)(H,34,35)(H,37,38)(H2,22,24,36);3*3H2,1-2H3;3H,1H2,2H3;3*1-2H3;;/q;;;;;;;;2*+1/p-2/t8?,9-,10?,13?,14-,15?,16?,17?,18?,21?;;;;;;;;;/m1........./s1. The molecule has 9 unspecified atom stereocenters. The summed E-state index contributed by atoms with van der Waals surface area (Å²) in [6.45, 7) is 27.5. The molecule has 10 N–H and O–H groups in total. The Balaban J connectivity index is -0.000000272. The van der Waals surface area contributed by atoms with Gasteiger partial charge in [-0.15, -0.1) is 6.58 Å². The average molecular weight is 952 g/mol. The number of nitrogens with one attached hydrogen (secondary N) is 2. The van der Waals surface area contributed by atoms with E-state index in [0.29, 0.717) is 0 Å². The van der Waals surface area contributed by atoms with Crippen molar-refractivity contribution in [3.05, 3.63) is 35.4 Å². The van der Waals surface area contributed by atoms with E-state index in [1.807, 2.05) is 48.5 Å². The predicted octanol–water partition coefficient (Wildman–Crippen LogP) is -5.51. The Morgan fingerprint density at radius 1 is 1.05 bits per heavy atom. The Kier molecular flexibility index (Phi) is 54.5. The average Bonchev–Trinajstić information content (AvgIpc) is 3.49. The maximum Gasteiger partial charge on any atom is 1.00 e. The number of carboxylic acid groups (broad SMARTS) is 1. The minimum atomic E-state index is -5.83. The van der Waals surface area contributed by atoms with Crippen LogP contribution in [-0.4, -0.2) is 133 Å². The number of nitrogen functional groups attached to an aromatic ring is 1. The second kappa shape index (κ2) is 44.9. The number of ether oxygens (including phenoxy) is 2. The number of hydrogen-bond acceptors (Lipinski definition) is 19. The number of carboxylic acids is 1. The van der Waals surface area contributed by atoms with Gasteiger partial charge in [-0.25, -0.2) is 4.79 Å². The first-order valence-electron chi connectivity index (χ1n) is 20.8. The predicted molar refractivity (Wildman–Crippen MR) is 229 cm³/mol. The molecule has 1 aromatic heterocycles. The van der Waals surface area contributed by atoms with Crippen molar-refractivity contribution in [2.75, 3.05) is 32.5 Å². The van der Waals surface area contributed by atoms with Gasteiger partial charge in [-0.3, -0.25) is 18.5 Å². The number of allylic oxidation sites excluding steroid dienone is 1. The molecule has 0 radical (unpaired) electrons. The molecule has 2 saturated heterocycles. The number of likely N-dealkylation sites (N-methyl/N-ethyl adjacent to an activating group) is 1. The zero-order chi connectivity index (χ0) is 49.1. The number of hydrogen-bond donors (Lipinski definition) is 9. The number of amides is 1. The number of carbonyl (C=O) groups excluding carboxylic acids is 2. The van der Waals surface area contributed by atoms with Gasteiger partial charge in [-0.05, 0) is 20.0 Å². The van der Waals surface area contributed by atoms with Crippen LogP contribution in [0.4, 0.5) is 5.82 Å². The molecule has 63 heavy (non-hydrogen) atoms. The van der Waals surface area contributed by atoms with Crippen LogP contribution in [0.1, 0.15) is 122 Å². The van der Waals surface area contributed by atoms with Gasteiger partial charge >= 0.3 is 64.8 Å². The first-order valence-corrected chi connectivity index (χ1v) is 22.3. The summed E-state index contributed by atoms with van der Waals surface area (Å²) >= 11 is 0. The number of phosphoric ester groups is 1. The molecule has 2 aliphatic rings. The Bertz CT molecular complexity index is 1370. The summed E-state index contributed by atoms with van der Waals surface area (Å²) in [5, 5.41) is 77.8. The molecule has 24 heteroatoms. The summed E-state index contributed by atoms with van der Waals surface area (Å²) in [6, 6.07) is -0.460. The number of aliphatic carboxylic acids is 1. The van der Waals surface area contributed by atoms with Crippen molar-refractivity contribution in [1.82, 2.24) is 20.2 Å². The molecule has 2 aliphatic heterocycles. The Hall–Kier alpha value is -0.890. The van der Waals surface area contributed by atoms with Gasteiger partial charge in [0.25, 0.3) is 7.82 Å². The van der Waals surface area contributed by atoms with E-state index in [9.17, 15) is 59.6 Å². The molecule has 0 saturated carbocycles. The van der Waals surface area contributed by atoms with Gasteiger partial charge in [0, 0.05) is 12.6 Å². The third-order valence-corrected chi connectivity index (χ3v) is 7.57. The molecule has 1 amide bonds. The van der Waals surface area contributed by atoms with Crippen molar-refractivity contribution in [2.45, 2.75) is 176 Å². The van der Waals surface area contributed by atoms with Crippen LogP contribution in [0.2, 0.25) is 0 Å². The molecule has 21 nitrogen and oxygen atoms in total. The smallest absolute Gasteiger partial charge is 0.756 e. The summed E-state index contributed by atoms with van der Waals surface area (Å²) in [6.07, 6.45) is -9.75. The van der Waals surface area contributed by atoms with Gasteiger partial charge < -0.3 is 75.8 Å². The van der Waals surface area contributed by atoms with E-state index in [4.69, 9.17) is 15.2 Å². The van der Waals surface area contributed by atoms with Gasteiger partial charge in [-0.1, -0.05) is 108 Å². The van der Waals surface area contributed by atoms with Gasteiger partial charge in [0.2, 0.25) is 11.7 Å². The molecule has 2 fully saturated rings. The topological polar surface area (TPSA) is 341 Å². The van der Waals surface area contributed by atoms with E-state index in [2.05, 4.69) is 72.8 Å². The number of rotatable bonds is 13. The van der Waals surface area contributed by atoms with E-state index < -0.39 is 106 Å². The Morgan fingerprint density at radius 3 is 1.90 bits per heavy atom. The molecule has 364 valence electrons. The van der Waals surface area contributed by atoms with Crippen molar-refractivity contribution in [1.29, 1.82) is 0 Å². The van der Waals surface area contributed by atoms with Crippen LogP contribution in [0.25, 0.3) is 0 Å². The fourth-order valence-electron chi connectivity index (χ4n) is 4.46. The molecule has 11 atom stereocenters. The molecular weight excluding hydrogens is 871 g/mol. The molecule has 0 bridgehead atoms. The van der Waals surface area contributed by atoms with Crippen molar-refractivity contribution in [3.63, 3.8) is 0 Å². The van der Waals surface area contributed by atoms with E-state index in [1.165, 1.54) is 32.4 Å². The monoisotopic (exact) mass is 952 g/mol. The third kappa shape index (κ3) is 29.5. The van der Waals surface area contributed by atoms with Gasteiger partial charge in [0.05, 0.1) is 31.9 Å². The van der Waals surface area contributed by atoms with Gasteiger partial charge in [-0.2, -0.15) is 4.98 Å². The second-order valence-electron chi connectivity index (χ2n) is 12.2. The van der Waals surface area contributed by atoms with E-state index in [1.54, 1.807) is 6.08 Å². The Labute approximate surface area is 419 Å². The number of nitrogens with zero attached hydrogens (tertiary/aromatic N) is 2. The van der Waals surface area contributed by atoms with Crippen LogP contribution in [0.5, 0.6) is 0 Å². The molecule has 3 rings (SSSR count). The summed E-state index contributed by atoms with van der Waals surface area (Å²) < 4.78 is 33.3. The van der Waals surface area contributed by atoms with Crippen LogP contribution in [0, 0.1) is 0 Å².